The minimum absolute atomic E-state index is 0.0881. The summed E-state index contributed by atoms with van der Waals surface area (Å²) in [5.74, 6) is -0.778. The van der Waals surface area contributed by atoms with Gasteiger partial charge in [-0.05, 0) is 62.1 Å². The van der Waals surface area contributed by atoms with Crippen molar-refractivity contribution in [2.24, 2.45) is 5.41 Å². The number of aromatic carboxylic acids is 1. The Hall–Kier alpha value is -3.46. The summed E-state index contributed by atoms with van der Waals surface area (Å²) in [7, 11) is 0. The Morgan fingerprint density at radius 2 is 1.56 bits per heavy atom. The monoisotopic (exact) mass is 496 g/mol. The molecule has 0 aliphatic carbocycles. The smallest absolute Gasteiger partial charge is 0.415 e. The fraction of sp³-hybridized carbons (Fsp3) is 0.481. The number of carboxylic acids is 1. The van der Waals surface area contributed by atoms with E-state index in [1.165, 1.54) is 6.20 Å². The van der Waals surface area contributed by atoms with E-state index in [2.05, 4.69) is 36.0 Å². The molecule has 0 atom stereocenters. The molecule has 1 aliphatic heterocycles. The maximum atomic E-state index is 12.7. The molecule has 194 valence electrons. The number of ether oxygens (including phenoxy) is 1. The summed E-state index contributed by atoms with van der Waals surface area (Å²) in [5, 5.41) is 12.1. The van der Waals surface area contributed by atoms with Gasteiger partial charge < -0.3 is 20.1 Å². The molecule has 2 aromatic rings. The van der Waals surface area contributed by atoms with Gasteiger partial charge in [0.25, 0.3) is 5.91 Å². The van der Waals surface area contributed by atoms with Gasteiger partial charge in [0.1, 0.15) is 5.75 Å². The number of amides is 2. The van der Waals surface area contributed by atoms with Gasteiger partial charge >= 0.3 is 12.1 Å². The van der Waals surface area contributed by atoms with Crippen LogP contribution < -0.4 is 10.1 Å². The summed E-state index contributed by atoms with van der Waals surface area (Å²) in [6, 6.07) is 9.83. The molecule has 1 aromatic carbocycles. The van der Waals surface area contributed by atoms with Crippen molar-refractivity contribution in [3.05, 3.63) is 59.4 Å². The number of nitrogens with zero attached hydrogens (tertiary/aromatic N) is 3. The number of pyridine rings is 1. The van der Waals surface area contributed by atoms with E-state index in [1.807, 2.05) is 13.8 Å². The number of carboxylic acid groups (broad SMARTS) is 1. The summed E-state index contributed by atoms with van der Waals surface area (Å²) in [6.07, 6.45) is 1.76. The van der Waals surface area contributed by atoms with Gasteiger partial charge in [-0.2, -0.15) is 0 Å². The first kappa shape index (κ1) is 27.1. The normalized spacial score (nSPS) is 14.9. The Kier molecular flexibility index (Phi) is 8.35. The van der Waals surface area contributed by atoms with Crippen molar-refractivity contribution >= 4 is 18.0 Å². The first-order valence-electron chi connectivity index (χ1n) is 12.1. The number of piperazine rings is 1. The molecule has 3 rings (SSSR count). The summed E-state index contributed by atoms with van der Waals surface area (Å²) >= 11 is 0. The zero-order valence-electron chi connectivity index (χ0n) is 21.7. The zero-order valence-corrected chi connectivity index (χ0v) is 21.7. The molecule has 1 aromatic heterocycles. The van der Waals surface area contributed by atoms with Gasteiger partial charge in [-0.3, -0.25) is 14.7 Å². The van der Waals surface area contributed by atoms with E-state index in [4.69, 9.17) is 9.84 Å². The van der Waals surface area contributed by atoms with E-state index in [1.54, 1.807) is 41.3 Å². The number of hydrogen-bond donors (Lipinski definition) is 2. The zero-order chi connectivity index (χ0) is 26.5. The molecule has 1 saturated heterocycles. The van der Waals surface area contributed by atoms with E-state index in [0.717, 1.165) is 12.1 Å². The van der Waals surface area contributed by atoms with Crippen molar-refractivity contribution < 1.29 is 24.2 Å². The van der Waals surface area contributed by atoms with Crippen molar-refractivity contribution in [2.75, 3.05) is 26.2 Å². The van der Waals surface area contributed by atoms with Crippen LogP contribution in [0.3, 0.4) is 0 Å². The predicted molar refractivity (Wildman–Crippen MR) is 136 cm³/mol. The van der Waals surface area contributed by atoms with Gasteiger partial charge in [0.05, 0.1) is 11.3 Å². The van der Waals surface area contributed by atoms with Gasteiger partial charge in [-0.25, -0.2) is 9.59 Å². The Morgan fingerprint density at radius 1 is 0.944 bits per heavy atom. The summed E-state index contributed by atoms with van der Waals surface area (Å²) < 4.78 is 5.51. The van der Waals surface area contributed by atoms with Crippen LogP contribution in [0.1, 0.15) is 67.4 Å². The van der Waals surface area contributed by atoms with Crippen LogP contribution >= 0.6 is 0 Å². The summed E-state index contributed by atoms with van der Waals surface area (Å²) in [5.41, 5.74) is 1.19. The molecule has 2 heterocycles. The number of carbonyl (C=O) groups excluding carboxylic acids is 2. The van der Waals surface area contributed by atoms with Crippen molar-refractivity contribution in [1.29, 1.82) is 0 Å². The number of carbonyl (C=O) groups is 3. The fourth-order valence-corrected chi connectivity index (χ4v) is 4.55. The first-order valence-corrected chi connectivity index (χ1v) is 12.1. The lowest BCUT2D eigenvalue weighted by Crippen LogP contribution is -2.49. The van der Waals surface area contributed by atoms with Gasteiger partial charge in [0.15, 0.2) is 0 Å². The highest BCUT2D eigenvalue weighted by molar-refractivity contribution is 5.94. The molecule has 36 heavy (non-hydrogen) atoms. The molecule has 1 aliphatic rings. The number of hydrogen-bond acceptors (Lipinski definition) is 6. The quantitative estimate of drug-likeness (QED) is 0.595. The van der Waals surface area contributed by atoms with Crippen LogP contribution in [0.5, 0.6) is 5.75 Å². The molecule has 2 amide bonds. The van der Waals surface area contributed by atoms with Crippen LogP contribution in [-0.4, -0.2) is 69.6 Å². The highest BCUT2D eigenvalue weighted by Crippen LogP contribution is 2.27. The fourth-order valence-electron chi connectivity index (χ4n) is 4.55. The lowest BCUT2D eigenvalue weighted by molar-refractivity contribution is 0.0695. The molecule has 0 unspecified atom stereocenters. The van der Waals surface area contributed by atoms with Crippen LogP contribution in [-0.2, 0) is 6.54 Å². The Bertz CT molecular complexity index is 1070. The van der Waals surface area contributed by atoms with E-state index in [-0.39, 0.29) is 22.4 Å². The molecular formula is C27H36N4O5. The van der Waals surface area contributed by atoms with E-state index in [0.29, 0.717) is 44.0 Å². The van der Waals surface area contributed by atoms with Crippen molar-refractivity contribution in [2.45, 2.75) is 53.1 Å². The van der Waals surface area contributed by atoms with Crippen LogP contribution in [0, 0.1) is 5.41 Å². The molecular weight excluding hydrogens is 460 g/mol. The Balaban J connectivity index is 1.47. The van der Waals surface area contributed by atoms with Crippen LogP contribution in [0.15, 0.2) is 42.6 Å². The van der Waals surface area contributed by atoms with Crippen molar-refractivity contribution in [3.8, 4) is 5.75 Å². The number of benzene rings is 1. The van der Waals surface area contributed by atoms with E-state index in [9.17, 15) is 14.4 Å². The minimum atomic E-state index is -1.00. The van der Waals surface area contributed by atoms with Gasteiger partial charge in [-0.1, -0.05) is 20.8 Å². The number of nitrogens with one attached hydrogen (secondary N) is 1. The average molecular weight is 497 g/mol. The van der Waals surface area contributed by atoms with Crippen LogP contribution in [0.25, 0.3) is 0 Å². The molecule has 9 heteroatoms. The maximum Gasteiger partial charge on any atom is 0.415 e. The minimum Gasteiger partial charge on any atom is -0.478 e. The third-order valence-corrected chi connectivity index (χ3v) is 5.83. The van der Waals surface area contributed by atoms with E-state index < -0.39 is 12.1 Å². The lowest BCUT2D eigenvalue weighted by Gasteiger charge is -2.33. The molecule has 1 fully saturated rings. The predicted octanol–water partition coefficient (Wildman–Crippen LogP) is 4.04. The van der Waals surface area contributed by atoms with Crippen LogP contribution in [0.2, 0.25) is 0 Å². The third kappa shape index (κ3) is 8.05. The first-order chi connectivity index (χ1) is 16.8. The molecule has 0 spiro atoms. The van der Waals surface area contributed by atoms with Gasteiger partial charge in [0.2, 0.25) is 0 Å². The lowest BCUT2D eigenvalue weighted by atomic mass is 9.81. The number of aromatic nitrogens is 1. The largest absolute Gasteiger partial charge is 0.478 e. The Labute approximate surface area is 212 Å². The second kappa shape index (κ2) is 11.1. The standard InChI is InChI=1S/C27H36N4O5/c1-26(2,3)18-27(4,5)29-23(32)19-7-10-22(11-8-19)36-25(35)31-14-12-30(13-15-31)17-21-9-6-20(16-28-21)24(33)34/h6-11,16H,12-15,17-18H2,1-5H3,(H,29,32)(H,33,34). The second-order valence-corrected chi connectivity index (χ2v) is 11.1. The maximum absolute atomic E-state index is 12.7. The number of rotatable bonds is 7. The molecule has 9 nitrogen and oxygen atoms in total. The topological polar surface area (TPSA) is 112 Å². The second-order valence-electron chi connectivity index (χ2n) is 11.1. The molecule has 0 radical (unpaired) electrons. The summed E-state index contributed by atoms with van der Waals surface area (Å²) in [4.78, 5) is 44.2. The average Bonchev–Trinajstić information content (AvgIpc) is 2.78. The van der Waals surface area contributed by atoms with Crippen molar-refractivity contribution in [3.63, 3.8) is 0 Å². The highest BCUT2D eigenvalue weighted by Gasteiger charge is 2.27. The van der Waals surface area contributed by atoms with E-state index >= 15 is 0 Å². The Morgan fingerprint density at radius 3 is 2.08 bits per heavy atom. The van der Waals surface area contributed by atoms with Crippen LogP contribution in [0.4, 0.5) is 4.79 Å². The van der Waals surface area contributed by atoms with Gasteiger partial charge in [-0.15, -0.1) is 0 Å². The highest BCUT2D eigenvalue weighted by atomic mass is 16.6. The molecule has 2 N–H and O–H groups in total. The van der Waals surface area contributed by atoms with Gasteiger partial charge in [0, 0.05) is 50.0 Å². The summed E-state index contributed by atoms with van der Waals surface area (Å²) in [6.45, 7) is 13.4. The molecule has 0 saturated carbocycles. The third-order valence-electron chi connectivity index (χ3n) is 5.83. The SMILES string of the molecule is CC(C)(C)CC(C)(C)NC(=O)c1ccc(OC(=O)N2CCN(Cc3ccc(C(=O)O)cn3)CC2)cc1. The molecule has 0 bridgehead atoms. The van der Waals surface area contributed by atoms with Crippen molar-refractivity contribution in [1.82, 2.24) is 20.1 Å².